The largest absolute Gasteiger partial charge is 0.324 e. The van der Waals surface area contributed by atoms with Crippen molar-refractivity contribution >= 4 is 21.9 Å². The average molecular weight is 267 g/mol. The minimum atomic E-state index is 0.824. The summed E-state index contributed by atoms with van der Waals surface area (Å²) in [5, 5.41) is 7.33. The van der Waals surface area contributed by atoms with Gasteiger partial charge in [-0.25, -0.2) is 0 Å². The number of benzene rings is 1. The lowest BCUT2D eigenvalue weighted by Gasteiger charge is -2.22. The first-order valence-electron chi connectivity index (χ1n) is 7.73. The molecule has 1 aliphatic carbocycles. The van der Waals surface area contributed by atoms with Crippen LogP contribution in [0.3, 0.4) is 0 Å². The summed E-state index contributed by atoms with van der Waals surface area (Å²) in [5.74, 6) is 0.824. The lowest BCUT2D eigenvalue weighted by Crippen LogP contribution is -2.14. The van der Waals surface area contributed by atoms with Crippen molar-refractivity contribution < 1.29 is 0 Å². The Labute approximate surface area is 119 Å². The van der Waals surface area contributed by atoms with E-state index in [1.807, 2.05) is 11.7 Å². The zero-order valence-electron chi connectivity index (χ0n) is 12.0. The Kier molecular flexibility index (Phi) is 2.79. The van der Waals surface area contributed by atoms with Gasteiger partial charge in [-0.15, -0.1) is 0 Å². The molecule has 4 rings (SSSR count). The molecule has 3 aromatic rings. The molecule has 3 heteroatoms. The molecule has 0 bridgehead atoms. The minimum Gasteiger partial charge on any atom is -0.324 e. The van der Waals surface area contributed by atoms with Gasteiger partial charge in [-0.3, -0.25) is 4.68 Å². The zero-order valence-corrected chi connectivity index (χ0v) is 12.0. The van der Waals surface area contributed by atoms with Crippen LogP contribution >= 0.6 is 0 Å². The monoisotopic (exact) mass is 267 g/mol. The van der Waals surface area contributed by atoms with Crippen molar-refractivity contribution in [1.82, 2.24) is 14.3 Å². The highest BCUT2D eigenvalue weighted by molar-refractivity contribution is 6.06. The maximum Gasteiger partial charge on any atom is 0.163 e. The highest BCUT2D eigenvalue weighted by Crippen LogP contribution is 2.31. The van der Waals surface area contributed by atoms with Gasteiger partial charge in [0.15, 0.2) is 5.65 Å². The molecule has 0 radical (unpaired) electrons. The molecule has 20 heavy (non-hydrogen) atoms. The predicted molar refractivity (Wildman–Crippen MR) is 82.8 cm³/mol. The second kappa shape index (κ2) is 4.65. The summed E-state index contributed by atoms with van der Waals surface area (Å²) in [6, 6.07) is 8.72. The molecule has 0 N–H and O–H groups in total. The topological polar surface area (TPSA) is 22.8 Å². The Hall–Kier alpha value is -1.77. The fourth-order valence-corrected chi connectivity index (χ4v) is 3.73. The normalized spacial score (nSPS) is 17.2. The molecule has 2 heterocycles. The van der Waals surface area contributed by atoms with Gasteiger partial charge in [0.2, 0.25) is 0 Å². The maximum absolute atomic E-state index is 4.70. The highest BCUT2D eigenvalue weighted by Gasteiger charge is 2.18. The molecule has 1 aromatic carbocycles. The van der Waals surface area contributed by atoms with E-state index in [0.29, 0.717) is 0 Å². The summed E-state index contributed by atoms with van der Waals surface area (Å²) in [4.78, 5) is 0. The molecule has 0 unspecified atom stereocenters. The first-order valence-corrected chi connectivity index (χ1v) is 7.73. The molecule has 1 fully saturated rings. The van der Waals surface area contributed by atoms with Crippen molar-refractivity contribution in [3.05, 3.63) is 30.5 Å². The van der Waals surface area contributed by atoms with Gasteiger partial charge in [0, 0.05) is 30.6 Å². The van der Waals surface area contributed by atoms with Crippen LogP contribution in [0.2, 0.25) is 0 Å². The minimum absolute atomic E-state index is 0.824. The van der Waals surface area contributed by atoms with Crippen molar-refractivity contribution in [2.75, 3.05) is 0 Å². The number of aryl methyl sites for hydroxylation is 1. The Morgan fingerprint density at radius 3 is 2.75 bits per heavy atom. The molecule has 0 aliphatic heterocycles. The Morgan fingerprint density at radius 2 is 1.90 bits per heavy atom. The number of hydrogen-bond donors (Lipinski definition) is 0. The van der Waals surface area contributed by atoms with Crippen LogP contribution < -0.4 is 0 Å². The zero-order chi connectivity index (χ0) is 13.5. The molecule has 1 saturated carbocycles. The van der Waals surface area contributed by atoms with Gasteiger partial charge in [0.05, 0.1) is 5.52 Å². The summed E-state index contributed by atoms with van der Waals surface area (Å²) >= 11 is 0. The third-order valence-electron chi connectivity index (χ3n) is 4.72. The van der Waals surface area contributed by atoms with Gasteiger partial charge in [0.25, 0.3) is 0 Å². The average Bonchev–Trinajstić information content (AvgIpc) is 2.98. The summed E-state index contributed by atoms with van der Waals surface area (Å²) in [5.41, 5.74) is 2.50. The number of hydrogen-bond acceptors (Lipinski definition) is 1. The van der Waals surface area contributed by atoms with E-state index in [1.54, 1.807) is 0 Å². The summed E-state index contributed by atoms with van der Waals surface area (Å²) < 4.78 is 4.38. The summed E-state index contributed by atoms with van der Waals surface area (Å²) in [7, 11) is 2.01. The van der Waals surface area contributed by atoms with Gasteiger partial charge >= 0.3 is 0 Å². The van der Waals surface area contributed by atoms with E-state index in [1.165, 1.54) is 48.4 Å². The van der Waals surface area contributed by atoms with Crippen molar-refractivity contribution in [2.45, 2.75) is 38.6 Å². The molecule has 104 valence electrons. The van der Waals surface area contributed by atoms with E-state index >= 15 is 0 Å². The third kappa shape index (κ3) is 1.84. The van der Waals surface area contributed by atoms with Crippen LogP contribution in [0, 0.1) is 5.92 Å². The van der Waals surface area contributed by atoms with Crippen LogP contribution in [-0.2, 0) is 13.6 Å². The lowest BCUT2D eigenvalue weighted by molar-refractivity contribution is 0.325. The lowest BCUT2D eigenvalue weighted by atomic mass is 9.89. The molecule has 3 nitrogen and oxygen atoms in total. The van der Waals surface area contributed by atoms with Crippen LogP contribution in [-0.4, -0.2) is 14.3 Å². The van der Waals surface area contributed by atoms with Gasteiger partial charge in [0.1, 0.15) is 0 Å². The van der Waals surface area contributed by atoms with E-state index in [4.69, 9.17) is 5.10 Å². The van der Waals surface area contributed by atoms with Crippen LogP contribution in [0.4, 0.5) is 0 Å². The van der Waals surface area contributed by atoms with Crippen molar-refractivity contribution in [1.29, 1.82) is 0 Å². The van der Waals surface area contributed by atoms with Crippen molar-refractivity contribution in [3.8, 4) is 0 Å². The van der Waals surface area contributed by atoms with Gasteiger partial charge < -0.3 is 4.57 Å². The number of nitrogens with zero attached hydrogens (tertiary/aromatic N) is 3. The predicted octanol–water partition coefficient (Wildman–Crippen LogP) is 4.11. The van der Waals surface area contributed by atoms with Gasteiger partial charge in [-0.2, -0.15) is 5.10 Å². The van der Waals surface area contributed by atoms with Crippen LogP contribution in [0.1, 0.15) is 32.1 Å². The standard InChI is InChI=1S/C17H21N3/c1-19-12-15-14-9-5-6-10-16(14)20(17(15)18-19)11-13-7-3-2-4-8-13/h5-6,9-10,12-13H,2-4,7-8,11H2,1H3. The Balaban J connectivity index is 1.85. The quantitative estimate of drug-likeness (QED) is 0.685. The Morgan fingerprint density at radius 1 is 1.10 bits per heavy atom. The first-order chi connectivity index (χ1) is 9.83. The molecule has 0 saturated heterocycles. The highest BCUT2D eigenvalue weighted by atomic mass is 15.3. The van der Waals surface area contributed by atoms with E-state index in [9.17, 15) is 0 Å². The third-order valence-corrected chi connectivity index (χ3v) is 4.72. The number of aromatic nitrogens is 3. The molecular weight excluding hydrogens is 246 g/mol. The number of para-hydroxylation sites is 1. The fraction of sp³-hybridized carbons (Fsp3) is 0.471. The van der Waals surface area contributed by atoms with Gasteiger partial charge in [-0.05, 0) is 24.8 Å². The molecule has 2 aromatic heterocycles. The molecule has 1 aliphatic rings. The van der Waals surface area contributed by atoms with E-state index < -0.39 is 0 Å². The molecule has 0 spiro atoms. The summed E-state index contributed by atoms with van der Waals surface area (Å²) in [6.07, 6.45) is 9.11. The van der Waals surface area contributed by atoms with Crippen molar-refractivity contribution in [2.24, 2.45) is 13.0 Å². The van der Waals surface area contributed by atoms with E-state index in [-0.39, 0.29) is 0 Å². The Bertz CT molecular complexity index is 744. The number of rotatable bonds is 2. The smallest absolute Gasteiger partial charge is 0.163 e. The fourth-order valence-electron chi connectivity index (χ4n) is 3.73. The van der Waals surface area contributed by atoms with E-state index in [2.05, 4.69) is 35.0 Å². The summed E-state index contributed by atoms with van der Waals surface area (Å²) in [6.45, 7) is 1.13. The SMILES string of the molecule is Cn1cc2c3ccccc3n(CC3CCCCC3)c2n1. The maximum atomic E-state index is 4.70. The van der Waals surface area contributed by atoms with Crippen LogP contribution in [0.5, 0.6) is 0 Å². The second-order valence-corrected chi connectivity index (χ2v) is 6.17. The van der Waals surface area contributed by atoms with E-state index in [0.717, 1.165) is 18.1 Å². The second-order valence-electron chi connectivity index (χ2n) is 6.17. The van der Waals surface area contributed by atoms with Crippen LogP contribution in [0.25, 0.3) is 21.9 Å². The van der Waals surface area contributed by atoms with Crippen molar-refractivity contribution in [3.63, 3.8) is 0 Å². The molecular formula is C17H21N3. The van der Waals surface area contributed by atoms with Gasteiger partial charge in [-0.1, -0.05) is 37.5 Å². The molecule has 0 amide bonds. The molecule has 0 atom stereocenters. The number of fused-ring (bicyclic) bond motifs is 3. The van der Waals surface area contributed by atoms with Crippen LogP contribution in [0.15, 0.2) is 30.5 Å². The first kappa shape index (κ1) is 12.0.